The number of fused-ring (bicyclic) bond motifs is 3. The van der Waals surface area contributed by atoms with E-state index in [2.05, 4.69) is 18.0 Å². The molecule has 2 N–H and O–H groups in total. The fourth-order valence-corrected chi connectivity index (χ4v) is 7.23. The molecule has 0 aliphatic heterocycles. The number of hydrogen-bond acceptors (Lipinski definition) is 3. The minimum Gasteiger partial charge on any atom is -0.449 e. The zero-order valence-electron chi connectivity index (χ0n) is 17.8. The van der Waals surface area contributed by atoms with Crippen LogP contribution in [0.3, 0.4) is 0 Å². The SMILES string of the molecule is C=C(C)c1cccc(C(C)(C)NC(=O)OCC2CC3CC2C2CC(O)C4CC342)c1. The number of rotatable bonds is 5. The number of benzene rings is 1. The lowest BCUT2D eigenvalue weighted by Crippen LogP contribution is -2.42. The summed E-state index contributed by atoms with van der Waals surface area (Å²) in [6.45, 7) is 10.5. The molecule has 0 saturated heterocycles. The van der Waals surface area contributed by atoms with Gasteiger partial charge in [0.1, 0.15) is 0 Å². The number of carbonyl (C=O) groups is 1. The Hall–Kier alpha value is -1.81. The number of carbonyl (C=O) groups excluding carboxylic acids is 1. The number of amides is 1. The molecule has 4 saturated carbocycles. The molecule has 5 rings (SSSR count). The van der Waals surface area contributed by atoms with E-state index in [9.17, 15) is 9.90 Å². The molecular formula is C25H33NO3. The van der Waals surface area contributed by atoms with Crippen LogP contribution in [-0.4, -0.2) is 23.9 Å². The molecule has 7 unspecified atom stereocenters. The van der Waals surface area contributed by atoms with Gasteiger partial charge in [0.15, 0.2) is 0 Å². The highest BCUT2D eigenvalue weighted by molar-refractivity contribution is 5.69. The molecule has 0 heterocycles. The Kier molecular flexibility index (Phi) is 4.19. The van der Waals surface area contributed by atoms with Gasteiger partial charge in [-0.05, 0) is 98.7 Å². The average molecular weight is 396 g/mol. The van der Waals surface area contributed by atoms with Gasteiger partial charge in [-0.25, -0.2) is 4.79 Å². The lowest BCUT2D eigenvalue weighted by atomic mass is 9.72. The first-order valence-electron chi connectivity index (χ1n) is 11.1. The second-order valence-corrected chi connectivity index (χ2v) is 10.6. The van der Waals surface area contributed by atoms with Crippen LogP contribution in [0.2, 0.25) is 0 Å². The zero-order valence-corrected chi connectivity index (χ0v) is 17.8. The Balaban J connectivity index is 1.18. The largest absolute Gasteiger partial charge is 0.449 e. The van der Waals surface area contributed by atoms with Crippen LogP contribution >= 0.6 is 0 Å². The molecule has 156 valence electrons. The van der Waals surface area contributed by atoms with E-state index < -0.39 is 5.54 Å². The van der Waals surface area contributed by atoms with Gasteiger partial charge in [-0.2, -0.15) is 0 Å². The smallest absolute Gasteiger partial charge is 0.407 e. The molecule has 7 atom stereocenters. The zero-order chi connectivity index (χ0) is 20.6. The Morgan fingerprint density at radius 3 is 2.83 bits per heavy atom. The topological polar surface area (TPSA) is 58.6 Å². The summed E-state index contributed by atoms with van der Waals surface area (Å²) in [6.07, 6.45) is 4.24. The van der Waals surface area contributed by atoms with Crippen molar-refractivity contribution in [3.8, 4) is 0 Å². The van der Waals surface area contributed by atoms with E-state index in [-0.39, 0.29) is 12.2 Å². The number of aliphatic hydroxyl groups excluding tert-OH is 1. The maximum absolute atomic E-state index is 12.6. The van der Waals surface area contributed by atoms with Gasteiger partial charge in [-0.1, -0.05) is 30.4 Å². The maximum Gasteiger partial charge on any atom is 0.407 e. The highest BCUT2D eigenvalue weighted by Crippen LogP contribution is 2.80. The Bertz CT molecular complexity index is 861. The molecule has 1 amide bonds. The van der Waals surface area contributed by atoms with Crippen molar-refractivity contribution >= 4 is 11.7 Å². The lowest BCUT2D eigenvalue weighted by Gasteiger charge is -2.34. The molecule has 4 fully saturated rings. The molecule has 1 aromatic rings. The van der Waals surface area contributed by atoms with Crippen molar-refractivity contribution in [1.82, 2.24) is 5.32 Å². The predicted octanol–water partition coefficient (Wildman–Crippen LogP) is 4.72. The van der Waals surface area contributed by atoms with Crippen molar-refractivity contribution in [2.45, 2.75) is 58.1 Å². The van der Waals surface area contributed by atoms with Crippen molar-refractivity contribution in [3.05, 3.63) is 42.0 Å². The third kappa shape index (κ3) is 2.86. The van der Waals surface area contributed by atoms with E-state index in [1.54, 1.807) is 0 Å². The van der Waals surface area contributed by atoms with Crippen molar-refractivity contribution in [2.75, 3.05) is 6.61 Å². The Labute approximate surface area is 173 Å². The summed E-state index contributed by atoms with van der Waals surface area (Å²) in [5.41, 5.74) is 3.08. The highest BCUT2D eigenvalue weighted by atomic mass is 16.5. The van der Waals surface area contributed by atoms with Crippen molar-refractivity contribution in [1.29, 1.82) is 0 Å². The predicted molar refractivity (Wildman–Crippen MR) is 113 cm³/mol. The van der Waals surface area contributed by atoms with E-state index in [1.165, 1.54) is 19.3 Å². The standard InChI is InChI=1S/C25H33NO3/c1-14(2)15-6-5-7-17(8-15)24(3,4)26-23(28)29-13-16-9-18-10-19(16)20-11-22(27)21-12-25(18,20)21/h5-8,16,18-22,27H,1,9-13H2,2-4H3,(H,26,28). The summed E-state index contributed by atoms with van der Waals surface area (Å²) in [6, 6.07) is 8.14. The van der Waals surface area contributed by atoms with Gasteiger partial charge >= 0.3 is 6.09 Å². The Morgan fingerprint density at radius 2 is 2.10 bits per heavy atom. The average Bonchev–Trinajstić information content (AvgIpc) is 2.98. The normalized spacial score (nSPS) is 39.0. The monoisotopic (exact) mass is 395 g/mol. The molecule has 29 heavy (non-hydrogen) atoms. The number of alkyl carbamates (subject to hydrolysis) is 1. The summed E-state index contributed by atoms with van der Waals surface area (Å²) in [7, 11) is 0. The summed E-state index contributed by atoms with van der Waals surface area (Å²) in [5, 5.41) is 13.3. The molecule has 1 aromatic carbocycles. The van der Waals surface area contributed by atoms with E-state index in [4.69, 9.17) is 4.74 Å². The van der Waals surface area contributed by atoms with Gasteiger partial charge in [0.2, 0.25) is 0 Å². The number of allylic oxidation sites excluding steroid dienone is 1. The number of aliphatic hydroxyl groups is 1. The fraction of sp³-hybridized carbons (Fsp3) is 0.640. The minimum absolute atomic E-state index is 0.0796. The lowest BCUT2D eigenvalue weighted by molar-refractivity contribution is 0.0692. The first kappa shape index (κ1) is 19.2. The highest BCUT2D eigenvalue weighted by Gasteiger charge is 2.76. The van der Waals surface area contributed by atoms with Crippen LogP contribution in [-0.2, 0) is 10.3 Å². The summed E-state index contributed by atoms with van der Waals surface area (Å²) in [4.78, 5) is 12.6. The first-order chi connectivity index (χ1) is 13.7. The van der Waals surface area contributed by atoms with Gasteiger partial charge in [-0.3, -0.25) is 0 Å². The van der Waals surface area contributed by atoms with Crippen LogP contribution < -0.4 is 5.32 Å². The quantitative estimate of drug-likeness (QED) is 0.758. The number of ether oxygens (including phenoxy) is 1. The molecule has 4 heteroatoms. The van der Waals surface area contributed by atoms with E-state index >= 15 is 0 Å². The summed E-state index contributed by atoms with van der Waals surface area (Å²) >= 11 is 0. The molecule has 2 bridgehead atoms. The fourth-order valence-electron chi connectivity index (χ4n) is 7.23. The van der Waals surface area contributed by atoms with Gasteiger partial charge in [0.05, 0.1) is 18.2 Å². The van der Waals surface area contributed by atoms with Crippen LogP contribution in [0.1, 0.15) is 57.6 Å². The molecular weight excluding hydrogens is 362 g/mol. The molecule has 1 spiro atoms. The van der Waals surface area contributed by atoms with Crippen LogP contribution in [0, 0.1) is 35.0 Å². The summed E-state index contributed by atoms with van der Waals surface area (Å²) in [5.74, 6) is 3.08. The first-order valence-corrected chi connectivity index (χ1v) is 11.1. The van der Waals surface area contributed by atoms with Gasteiger partial charge in [0, 0.05) is 0 Å². The third-order valence-electron chi connectivity index (χ3n) is 8.70. The third-order valence-corrected chi connectivity index (χ3v) is 8.70. The van der Waals surface area contributed by atoms with Crippen LogP contribution in [0.4, 0.5) is 4.79 Å². The molecule has 0 radical (unpaired) electrons. The molecule has 4 nitrogen and oxygen atoms in total. The molecule has 4 aliphatic carbocycles. The van der Waals surface area contributed by atoms with Gasteiger partial charge < -0.3 is 15.2 Å². The number of nitrogens with one attached hydrogen (secondary N) is 1. The second kappa shape index (κ2) is 6.34. The van der Waals surface area contributed by atoms with E-state index in [1.807, 2.05) is 39.0 Å². The van der Waals surface area contributed by atoms with Crippen LogP contribution in [0.15, 0.2) is 30.8 Å². The Morgan fingerprint density at radius 1 is 1.31 bits per heavy atom. The summed E-state index contributed by atoms with van der Waals surface area (Å²) < 4.78 is 5.71. The van der Waals surface area contributed by atoms with Gasteiger partial charge in [0.25, 0.3) is 0 Å². The molecule has 0 aromatic heterocycles. The van der Waals surface area contributed by atoms with Crippen molar-refractivity contribution in [2.24, 2.45) is 35.0 Å². The van der Waals surface area contributed by atoms with Crippen LogP contribution in [0.5, 0.6) is 0 Å². The van der Waals surface area contributed by atoms with E-state index in [0.717, 1.165) is 29.0 Å². The van der Waals surface area contributed by atoms with Gasteiger partial charge in [-0.15, -0.1) is 0 Å². The van der Waals surface area contributed by atoms with E-state index in [0.29, 0.717) is 35.7 Å². The minimum atomic E-state index is -0.516. The van der Waals surface area contributed by atoms with Crippen LogP contribution in [0.25, 0.3) is 5.57 Å². The van der Waals surface area contributed by atoms with Crippen molar-refractivity contribution < 1.29 is 14.6 Å². The number of hydrogen-bond donors (Lipinski definition) is 2. The van der Waals surface area contributed by atoms with Crippen molar-refractivity contribution in [3.63, 3.8) is 0 Å². The maximum atomic E-state index is 12.6. The molecule has 4 aliphatic rings. The second-order valence-electron chi connectivity index (χ2n) is 10.6.